The van der Waals surface area contributed by atoms with Crippen molar-refractivity contribution in [3.8, 4) is 16.9 Å². The Hall–Kier alpha value is -3.18. The molecule has 2 N–H and O–H groups in total. The zero-order chi connectivity index (χ0) is 20.4. The van der Waals surface area contributed by atoms with E-state index in [1.54, 1.807) is 18.2 Å². The molecule has 148 valence electrons. The highest BCUT2D eigenvalue weighted by Crippen LogP contribution is 2.40. The molecule has 2 atom stereocenters. The number of aliphatic hydroxyl groups is 1. The fourth-order valence-electron chi connectivity index (χ4n) is 3.79. The average Bonchev–Trinajstić information content (AvgIpc) is 2.73. The van der Waals surface area contributed by atoms with Crippen molar-refractivity contribution in [3.63, 3.8) is 0 Å². The average molecular weight is 392 g/mol. The van der Waals surface area contributed by atoms with Crippen LogP contribution in [-0.2, 0) is 6.42 Å². The molecule has 5 heteroatoms. The van der Waals surface area contributed by atoms with Gasteiger partial charge >= 0.3 is 5.97 Å². The lowest BCUT2D eigenvalue weighted by Gasteiger charge is -2.31. The Labute approximate surface area is 168 Å². The molecule has 4 nitrogen and oxygen atoms in total. The maximum absolute atomic E-state index is 13.7. The van der Waals surface area contributed by atoms with E-state index in [0.717, 1.165) is 18.9 Å². The largest absolute Gasteiger partial charge is 0.493 e. The van der Waals surface area contributed by atoms with Gasteiger partial charge in [0.15, 0.2) is 0 Å². The van der Waals surface area contributed by atoms with Crippen molar-refractivity contribution in [3.05, 3.63) is 89.2 Å². The van der Waals surface area contributed by atoms with Crippen LogP contribution in [0.5, 0.6) is 5.75 Å². The van der Waals surface area contributed by atoms with E-state index in [1.165, 1.54) is 17.7 Å². The van der Waals surface area contributed by atoms with Gasteiger partial charge in [-0.1, -0.05) is 42.5 Å². The minimum Gasteiger partial charge on any atom is -0.493 e. The molecule has 3 aromatic rings. The Morgan fingerprint density at radius 1 is 1.07 bits per heavy atom. The lowest BCUT2D eigenvalue weighted by Crippen LogP contribution is -2.26. The van der Waals surface area contributed by atoms with Crippen molar-refractivity contribution >= 4 is 5.97 Å². The van der Waals surface area contributed by atoms with Crippen LogP contribution in [0.2, 0.25) is 0 Å². The topological polar surface area (TPSA) is 66.8 Å². The third kappa shape index (κ3) is 4.00. The number of benzene rings is 3. The maximum Gasteiger partial charge on any atom is 0.336 e. The number of rotatable bonds is 5. The summed E-state index contributed by atoms with van der Waals surface area (Å²) in [7, 11) is 0. The van der Waals surface area contributed by atoms with Gasteiger partial charge in [-0.2, -0.15) is 0 Å². The minimum absolute atomic E-state index is 0.0171. The SMILES string of the molecule is O=C(O)c1ccc(F)cc1-c1ccc2c(c1)OC[C@H](CCc1ccccc1)[C@H]2O. The van der Waals surface area contributed by atoms with Crippen LogP contribution in [0.25, 0.3) is 11.1 Å². The smallest absolute Gasteiger partial charge is 0.336 e. The van der Waals surface area contributed by atoms with Crippen LogP contribution < -0.4 is 4.74 Å². The van der Waals surface area contributed by atoms with Crippen LogP contribution in [-0.4, -0.2) is 22.8 Å². The number of halogens is 1. The summed E-state index contributed by atoms with van der Waals surface area (Å²) in [5, 5.41) is 20.2. The maximum atomic E-state index is 13.7. The molecule has 1 aliphatic heterocycles. The fourth-order valence-corrected chi connectivity index (χ4v) is 3.79. The molecule has 1 aliphatic rings. The molecule has 0 spiro atoms. The highest BCUT2D eigenvalue weighted by molar-refractivity contribution is 5.96. The van der Waals surface area contributed by atoms with Crippen molar-refractivity contribution in [2.24, 2.45) is 5.92 Å². The van der Waals surface area contributed by atoms with Gasteiger partial charge in [0.25, 0.3) is 0 Å². The van der Waals surface area contributed by atoms with Crippen LogP contribution >= 0.6 is 0 Å². The van der Waals surface area contributed by atoms with Gasteiger partial charge in [0.1, 0.15) is 11.6 Å². The van der Waals surface area contributed by atoms with Gasteiger partial charge in [0, 0.05) is 11.5 Å². The van der Waals surface area contributed by atoms with Gasteiger partial charge in [-0.25, -0.2) is 9.18 Å². The second-order valence-corrected chi connectivity index (χ2v) is 7.29. The van der Waals surface area contributed by atoms with E-state index in [0.29, 0.717) is 23.5 Å². The Morgan fingerprint density at radius 2 is 1.86 bits per heavy atom. The summed E-state index contributed by atoms with van der Waals surface area (Å²) < 4.78 is 19.6. The predicted octanol–water partition coefficient (Wildman–Crippen LogP) is 4.87. The van der Waals surface area contributed by atoms with E-state index in [-0.39, 0.29) is 17.0 Å². The molecule has 0 saturated heterocycles. The zero-order valence-corrected chi connectivity index (χ0v) is 15.7. The van der Waals surface area contributed by atoms with Crippen LogP contribution in [0.4, 0.5) is 4.39 Å². The molecular formula is C24H21FO4. The highest BCUT2D eigenvalue weighted by atomic mass is 19.1. The second kappa shape index (κ2) is 8.05. The van der Waals surface area contributed by atoms with E-state index in [1.807, 2.05) is 18.2 Å². The number of fused-ring (bicyclic) bond motifs is 1. The van der Waals surface area contributed by atoms with Gasteiger partial charge in [-0.3, -0.25) is 0 Å². The van der Waals surface area contributed by atoms with Crippen molar-refractivity contribution < 1.29 is 24.1 Å². The first kappa shape index (κ1) is 19.2. The predicted molar refractivity (Wildman–Crippen MR) is 108 cm³/mol. The van der Waals surface area contributed by atoms with E-state index in [4.69, 9.17) is 4.74 Å². The number of aromatic carboxylic acids is 1. The molecule has 0 aromatic heterocycles. The standard InChI is InChI=1S/C24H21FO4/c25-18-9-11-19(24(27)28)21(13-18)16-8-10-20-22(12-16)29-14-17(23(20)26)7-6-15-4-2-1-3-5-15/h1-5,8-13,17,23,26H,6-7,14H2,(H,27,28)/t17-,23+/m0/s1. The van der Waals surface area contributed by atoms with Gasteiger partial charge in [-0.05, 0) is 53.8 Å². The van der Waals surface area contributed by atoms with Gasteiger partial charge in [0.2, 0.25) is 0 Å². The fraction of sp³-hybridized carbons (Fsp3) is 0.208. The number of carbonyl (C=O) groups is 1. The summed E-state index contributed by atoms with van der Waals surface area (Å²) in [6.45, 7) is 0.374. The van der Waals surface area contributed by atoms with Crippen LogP contribution in [0.15, 0.2) is 66.7 Å². The third-order valence-corrected chi connectivity index (χ3v) is 5.40. The van der Waals surface area contributed by atoms with Crippen molar-refractivity contribution in [1.29, 1.82) is 0 Å². The molecule has 0 bridgehead atoms. The second-order valence-electron chi connectivity index (χ2n) is 7.29. The molecule has 0 aliphatic carbocycles. The quantitative estimate of drug-likeness (QED) is 0.650. The molecule has 0 fully saturated rings. The zero-order valence-electron chi connectivity index (χ0n) is 15.7. The summed E-state index contributed by atoms with van der Waals surface area (Å²) in [6.07, 6.45) is 0.979. The summed E-state index contributed by atoms with van der Waals surface area (Å²) in [5.41, 5.74) is 2.73. The number of hydrogen-bond donors (Lipinski definition) is 2. The summed E-state index contributed by atoms with van der Waals surface area (Å²) >= 11 is 0. The van der Waals surface area contributed by atoms with Crippen molar-refractivity contribution in [2.45, 2.75) is 18.9 Å². The van der Waals surface area contributed by atoms with Gasteiger partial charge < -0.3 is 14.9 Å². The van der Waals surface area contributed by atoms with Gasteiger partial charge in [-0.15, -0.1) is 0 Å². The summed E-state index contributed by atoms with van der Waals surface area (Å²) in [5.74, 6) is -1.16. The Morgan fingerprint density at radius 3 is 2.62 bits per heavy atom. The monoisotopic (exact) mass is 392 g/mol. The molecule has 3 aromatic carbocycles. The van der Waals surface area contributed by atoms with E-state index < -0.39 is 17.9 Å². The normalized spacial score (nSPS) is 18.0. The number of aryl methyl sites for hydroxylation is 1. The number of ether oxygens (including phenoxy) is 1. The van der Waals surface area contributed by atoms with Gasteiger partial charge in [0.05, 0.1) is 18.3 Å². The summed E-state index contributed by atoms with van der Waals surface area (Å²) in [6, 6.07) is 18.8. The number of carboxylic acids is 1. The molecule has 4 rings (SSSR count). The Bertz CT molecular complexity index is 1030. The lowest BCUT2D eigenvalue weighted by atomic mass is 9.87. The molecular weight excluding hydrogens is 371 g/mol. The van der Waals surface area contributed by atoms with Crippen LogP contribution in [0.1, 0.15) is 34.0 Å². The number of hydrogen-bond acceptors (Lipinski definition) is 3. The van der Waals surface area contributed by atoms with Crippen molar-refractivity contribution in [2.75, 3.05) is 6.61 Å². The minimum atomic E-state index is -1.13. The molecule has 29 heavy (non-hydrogen) atoms. The Kier molecular flexibility index (Phi) is 5.32. The molecule has 0 radical (unpaired) electrons. The van der Waals surface area contributed by atoms with Crippen molar-refractivity contribution in [1.82, 2.24) is 0 Å². The van der Waals surface area contributed by atoms with E-state index in [9.17, 15) is 19.4 Å². The molecule has 0 unspecified atom stereocenters. The first-order valence-corrected chi connectivity index (χ1v) is 9.55. The van der Waals surface area contributed by atoms with Crippen LogP contribution in [0.3, 0.4) is 0 Å². The van der Waals surface area contributed by atoms with Crippen LogP contribution in [0, 0.1) is 11.7 Å². The molecule has 0 amide bonds. The third-order valence-electron chi connectivity index (χ3n) is 5.40. The first-order valence-electron chi connectivity index (χ1n) is 9.55. The van der Waals surface area contributed by atoms with E-state index in [2.05, 4.69) is 12.1 Å². The lowest BCUT2D eigenvalue weighted by molar-refractivity contribution is 0.0463. The first-order chi connectivity index (χ1) is 14.0. The number of aliphatic hydroxyl groups excluding tert-OH is 1. The highest BCUT2D eigenvalue weighted by Gasteiger charge is 2.29. The Balaban J connectivity index is 1.57. The molecule has 0 saturated carbocycles. The number of carboxylic acid groups (broad SMARTS) is 1. The molecule has 1 heterocycles. The van der Waals surface area contributed by atoms with E-state index >= 15 is 0 Å². The summed E-state index contributed by atoms with van der Waals surface area (Å²) in [4.78, 5) is 11.5.